The molecule has 0 fully saturated rings. The van der Waals surface area contributed by atoms with E-state index in [1.807, 2.05) is 0 Å². The molecular formula is C17H16ClNO4. The minimum absolute atomic E-state index is 0.159. The number of amides is 1. The molecule has 2 rings (SSSR count). The first-order chi connectivity index (χ1) is 11.0. The molecular weight excluding hydrogens is 318 g/mol. The molecule has 0 spiro atoms. The fourth-order valence-corrected chi connectivity index (χ4v) is 2.33. The number of carbonyl (C=O) groups is 2. The van der Waals surface area contributed by atoms with Crippen LogP contribution in [-0.4, -0.2) is 26.1 Å². The molecule has 5 nitrogen and oxygen atoms in total. The third kappa shape index (κ3) is 4.47. The van der Waals surface area contributed by atoms with Crippen LogP contribution in [0.3, 0.4) is 0 Å². The summed E-state index contributed by atoms with van der Waals surface area (Å²) in [5.41, 5.74) is 1.66. The topological polar surface area (TPSA) is 64.6 Å². The Kier molecular flexibility index (Phi) is 5.60. The van der Waals surface area contributed by atoms with Crippen molar-refractivity contribution in [2.75, 3.05) is 19.5 Å². The molecule has 0 bridgehead atoms. The predicted octanol–water partition coefficient (Wildman–Crippen LogP) is 3.32. The van der Waals surface area contributed by atoms with Gasteiger partial charge in [-0.1, -0.05) is 23.7 Å². The first-order valence-corrected chi connectivity index (χ1v) is 7.22. The van der Waals surface area contributed by atoms with Gasteiger partial charge in [0.05, 0.1) is 31.2 Å². The second kappa shape index (κ2) is 7.65. The van der Waals surface area contributed by atoms with E-state index < -0.39 is 5.97 Å². The highest BCUT2D eigenvalue weighted by Crippen LogP contribution is 2.25. The Bertz CT molecular complexity index is 730. The van der Waals surface area contributed by atoms with Crippen molar-refractivity contribution in [3.63, 3.8) is 0 Å². The summed E-state index contributed by atoms with van der Waals surface area (Å²) < 4.78 is 9.72. The maximum Gasteiger partial charge on any atom is 0.337 e. The summed E-state index contributed by atoms with van der Waals surface area (Å²) in [6.45, 7) is 0. The second-order valence-corrected chi connectivity index (χ2v) is 5.17. The molecule has 0 radical (unpaired) electrons. The van der Waals surface area contributed by atoms with Crippen LogP contribution in [0.4, 0.5) is 5.69 Å². The van der Waals surface area contributed by atoms with Gasteiger partial charge in [0.2, 0.25) is 5.91 Å². The maximum absolute atomic E-state index is 12.1. The molecule has 0 saturated heterocycles. The first kappa shape index (κ1) is 16.8. The number of hydrogen-bond acceptors (Lipinski definition) is 4. The summed E-state index contributed by atoms with van der Waals surface area (Å²) in [5, 5.41) is 3.19. The molecule has 120 valence electrons. The highest BCUT2D eigenvalue weighted by atomic mass is 35.5. The van der Waals surface area contributed by atoms with Crippen LogP contribution in [0.2, 0.25) is 5.02 Å². The molecule has 2 aromatic rings. The van der Waals surface area contributed by atoms with Gasteiger partial charge < -0.3 is 14.8 Å². The number of rotatable bonds is 5. The average Bonchev–Trinajstić information content (AvgIpc) is 2.54. The summed E-state index contributed by atoms with van der Waals surface area (Å²) in [6.07, 6.45) is 0.159. The number of halogens is 1. The van der Waals surface area contributed by atoms with E-state index in [4.69, 9.17) is 16.3 Å². The van der Waals surface area contributed by atoms with Crippen molar-refractivity contribution < 1.29 is 19.1 Å². The zero-order valence-corrected chi connectivity index (χ0v) is 13.5. The van der Waals surface area contributed by atoms with Gasteiger partial charge in [0.15, 0.2) is 0 Å². The highest BCUT2D eigenvalue weighted by molar-refractivity contribution is 6.32. The van der Waals surface area contributed by atoms with Crippen molar-refractivity contribution in [2.45, 2.75) is 6.42 Å². The number of methoxy groups -OCH3 is 2. The Morgan fingerprint density at radius 1 is 1.13 bits per heavy atom. The molecule has 0 aliphatic heterocycles. The first-order valence-electron chi connectivity index (χ1n) is 6.84. The molecule has 2 aromatic carbocycles. The number of esters is 1. The number of benzene rings is 2. The van der Waals surface area contributed by atoms with Gasteiger partial charge in [0.1, 0.15) is 5.75 Å². The molecule has 0 unspecified atom stereocenters. The molecule has 0 aromatic heterocycles. The lowest BCUT2D eigenvalue weighted by Crippen LogP contribution is -2.15. The lowest BCUT2D eigenvalue weighted by Gasteiger charge is -2.08. The lowest BCUT2D eigenvalue weighted by atomic mass is 10.1. The number of nitrogens with one attached hydrogen (secondary N) is 1. The minimum Gasteiger partial charge on any atom is -0.495 e. The van der Waals surface area contributed by atoms with Gasteiger partial charge in [-0.2, -0.15) is 0 Å². The van der Waals surface area contributed by atoms with E-state index in [0.29, 0.717) is 22.0 Å². The van der Waals surface area contributed by atoms with Gasteiger partial charge in [0, 0.05) is 5.69 Å². The van der Waals surface area contributed by atoms with Gasteiger partial charge in [-0.15, -0.1) is 0 Å². The molecule has 6 heteroatoms. The van der Waals surface area contributed by atoms with Crippen LogP contribution in [0.25, 0.3) is 0 Å². The predicted molar refractivity (Wildman–Crippen MR) is 88.1 cm³/mol. The molecule has 0 heterocycles. The molecule has 0 aliphatic rings. The van der Waals surface area contributed by atoms with E-state index in [2.05, 4.69) is 10.1 Å². The Balaban J connectivity index is 2.05. The zero-order valence-electron chi connectivity index (χ0n) is 12.8. The van der Waals surface area contributed by atoms with Crippen LogP contribution >= 0.6 is 11.6 Å². The third-order valence-corrected chi connectivity index (χ3v) is 3.44. The Morgan fingerprint density at radius 3 is 2.57 bits per heavy atom. The van der Waals surface area contributed by atoms with Crippen molar-refractivity contribution in [1.29, 1.82) is 0 Å². The summed E-state index contributed by atoms with van der Waals surface area (Å²) in [7, 11) is 2.84. The van der Waals surface area contributed by atoms with Crippen LogP contribution in [0.1, 0.15) is 15.9 Å². The van der Waals surface area contributed by atoms with Gasteiger partial charge in [-0.25, -0.2) is 4.79 Å². The fraction of sp³-hybridized carbons (Fsp3) is 0.176. The Morgan fingerprint density at radius 2 is 1.91 bits per heavy atom. The summed E-state index contributed by atoms with van der Waals surface area (Å²) in [4.78, 5) is 23.6. The van der Waals surface area contributed by atoms with E-state index >= 15 is 0 Å². The molecule has 0 atom stereocenters. The van der Waals surface area contributed by atoms with Crippen LogP contribution in [-0.2, 0) is 16.0 Å². The van der Waals surface area contributed by atoms with Crippen molar-refractivity contribution in [2.24, 2.45) is 0 Å². The van der Waals surface area contributed by atoms with Gasteiger partial charge >= 0.3 is 5.97 Å². The third-order valence-electron chi connectivity index (χ3n) is 3.15. The maximum atomic E-state index is 12.1. The van der Waals surface area contributed by atoms with Crippen molar-refractivity contribution in [3.05, 3.63) is 58.6 Å². The monoisotopic (exact) mass is 333 g/mol. The van der Waals surface area contributed by atoms with E-state index in [1.165, 1.54) is 14.2 Å². The largest absolute Gasteiger partial charge is 0.495 e. The van der Waals surface area contributed by atoms with Crippen LogP contribution in [0.5, 0.6) is 5.75 Å². The summed E-state index contributed by atoms with van der Waals surface area (Å²) >= 11 is 6.04. The number of ether oxygens (including phenoxy) is 2. The zero-order chi connectivity index (χ0) is 16.8. The summed E-state index contributed by atoms with van der Waals surface area (Å²) in [5.74, 6) is -0.113. The number of hydrogen-bond donors (Lipinski definition) is 1. The van der Waals surface area contributed by atoms with E-state index in [0.717, 1.165) is 5.56 Å². The molecule has 1 amide bonds. The van der Waals surface area contributed by atoms with Crippen LogP contribution in [0, 0.1) is 0 Å². The van der Waals surface area contributed by atoms with Gasteiger partial charge in [-0.3, -0.25) is 4.79 Å². The second-order valence-electron chi connectivity index (χ2n) is 4.77. The van der Waals surface area contributed by atoms with Gasteiger partial charge in [0.25, 0.3) is 0 Å². The Hall–Kier alpha value is -2.53. The summed E-state index contributed by atoms with van der Waals surface area (Å²) in [6, 6.07) is 11.7. The SMILES string of the molecule is COC(=O)c1cccc(NC(=O)Cc2ccc(OC)c(Cl)c2)c1. The van der Waals surface area contributed by atoms with E-state index in [-0.39, 0.29) is 12.3 Å². The molecule has 0 saturated carbocycles. The molecule has 23 heavy (non-hydrogen) atoms. The standard InChI is InChI=1S/C17H16ClNO4/c1-22-15-7-6-11(8-14(15)18)9-16(20)19-13-5-3-4-12(10-13)17(21)23-2/h3-8,10H,9H2,1-2H3,(H,19,20). The minimum atomic E-state index is -0.456. The van der Waals surface area contributed by atoms with E-state index in [9.17, 15) is 9.59 Å². The Labute approximate surface area is 139 Å². The normalized spacial score (nSPS) is 10.0. The van der Waals surface area contributed by atoms with Crippen LogP contribution in [0.15, 0.2) is 42.5 Å². The number of anilines is 1. The quantitative estimate of drug-likeness (QED) is 0.852. The van der Waals surface area contributed by atoms with Crippen molar-refractivity contribution in [1.82, 2.24) is 0 Å². The molecule has 1 N–H and O–H groups in total. The fourth-order valence-electron chi connectivity index (χ4n) is 2.05. The van der Waals surface area contributed by atoms with Crippen LogP contribution < -0.4 is 10.1 Å². The lowest BCUT2D eigenvalue weighted by molar-refractivity contribution is -0.115. The smallest absolute Gasteiger partial charge is 0.337 e. The van der Waals surface area contributed by atoms with Crippen molar-refractivity contribution >= 4 is 29.2 Å². The number of carbonyl (C=O) groups excluding carboxylic acids is 2. The van der Waals surface area contributed by atoms with Crippen molar-refractivity contribution in [3.8, 4) is 5.75 Å². The van der Waals surface area contributed by atoms with E-state index in [1.54, 1.807) is 42.5 Å². The molecule has 0 aliphatic carbocycles. The highest BCUT2D eigenvalue weighted by Gasteiger charge is 2.09. The average molecular weight is 334 g/mol. The van der Waals surface area contributed by atoms with Gasteiger partial charge in [-0.05, 0) is 35.9 Å².